The van der Waals surface area contributed by atoms with Gasteiger partial charge in [-0.1, -0.05) is 0 Å². The number of aliphatic hydroxyl groups excluding tert-OH is 1. The molecule has 2 rings (SSSR count). The van der Waals surface area contributed by atoms with E-state index < -0.39 is 6.10 Å². The summed E-state index contributed by atoms with van der Waals surface area (Å²) in [6.45, 7) is 1.90. The van der Waals surface area contributed by atoms with E-state index in [0.29, 0.717) is 17.6 Å². The Morgan fingerprint density at radius 2 is 2.53 bits per heavy atom. The largest absolute Gasteiger partial charge is 0.465 e. The maximum atomic E-state index is 11.4. The number of aryl methyl sites for hydroxylation is 1. The topological polar surface area (TPSA) is 84.6 Å². The third kappa shape index (κ3) is 3.74. The number of aliphatic hydroxyl groups is 1. The number of ether oxygens (including phenoxy) is 1. The Hall–Kier alpha value is -1.56. The molecule has 1 saturated carbocycles. The summed E-state index contributed by atoms with van der Waals surface area (Å²) in [5, 5.41) is 15.7. The van der Waals surface area contributed by atoms with Crippen LogP contribution in [0.1, 0.15) is 18.6 Å². The first-order valence-corrected chi connectivity index (χ1v) is 5.66. The van der Waals surface area contributed by atoms with Crippen LogP contribution in [0.25, 0.3) is 0 Å². The monoisotopic (exact) mass is 240 g/mol. The molecule has 1 amide bonds. The summed E-state index contributed by atoms with van der Waals surface area (Å²) >= 11 is 0. The van der Waals surface area contributed by atoms with E-state index in [2.05, 4.69) is 10.5 Å². The number of hydrogen-bond donors (Lipinski definition) is 2. The second-order valence-electron chi connectivity index (χ2n) is 4.27. The van der Waals surface area contributed by atoms with E-state index in [1.807, 2.05) is 0 Å². The molecule has 1 aromatic rings. The van der Waals surface area contributed by atoms with Crippen LogP contribution in [0, 0.1) is 12.8 Å². The highest BCUT2D eigenvalue weighted by Gasteiger charge is 2.29. The number of amides is 1. The molecule has 2 N–H and O–H groups in total. The van der Waals surface area contributed by atoms with Crippen molar-refractivity contribution in [1.29, 1.82) is 0 Å². The van der Waals surface area contributed by atoms with Crippen molar-refractivity contribution in [3.05, 3.63) is 11.8 Å². The highest BCUT2D eigenvalue weighted by atomic mass is 16.5. The van der Waals surface area contributed by atoms with E-state index in [4.69, 9.17) is 9.26 Å². The van der Waals surface area contributed by atoms with Crippen LogP contribution in [0.3, 0.4) is 0 Å². The number of rotatable bonds is 6. The van der Waals surface area contributed by atoms with Crippen molar-refractivity contribution in [2.75, 3.05) is 13.2 Å². The van der Waals surface area contributed by atoms with Gasteiger partial charge in [-0.15, -0.1) is 0 Å². The quantitative estimate of drug-likeness (QED) is 0.744. The molecule has 1 atom stereocenters. The van der Waals surface area contributed by atoms with E-state index in [0.717, 1.165) is 12.8 Å². The lowest BCUT2D eigenvalue weighted by molar-refractivity contribution is -0.123. The second kappa shape index (κ2) is 5.18. The summed E-state index contributed by atoms with van der Waals surface area (Å²) in [6, 6.07) is 1.60. The zero-order valence-electron chi connectivity index (χ0n) is 9.68. The molecule has 0 aliphatic heterocycles. The summed E-state index contributed by atoms with van der Waals surface area (Å²) < 4.78 is 9.89. The van der Waals surface area contributed by atoms with Crippen LogP contribution in [0.15, 0.2) is 10.6 Å². The summed E-state index contributed by atoms with van der Waals surface area (Å²) in [6.07, 6.45) is 1.66. The van der Waals surface area contributed by atoms with Gasteiger partial charge >= 0.3 is 0 Å². The smallest absolute Gasteiger partial charge is 0.258 e. The molecule has 1 aromatic heterocycles. The molecule has 94 valence electrons. The maximum Gasteiger partial charge on any atom is 0.258 e. The average molecular weight is 240 g/mol. The Morgan fingerprint density at radius 1 is 1.76 bits per heavy atom. The molecule has 6 heteroatoms. The SMILES string of the molecule is Cc1cc(OCC(=O)NCC(O)C2CC2)no1. The molecule has 0 radical (unpaired) electrons. The second-order valence-corrected chi connectivity index (χ2v) is 4.27. The van der Waals surface area contributed by atoms with E-state index in [1.54, 1.807) is 13.0 Å². The fourth-order valence-corrected chi connectivity index (χ4v) is 1.47. The normalized spacial score (nSPS) is 16.6. The van der Waals surface area contributed by atoms with E-state index in [1.165, 1.54) is 0 Å². The van der Waals surface area contributed by atoms with Crippen LogP contribution in [0.4, 0.5) is 0 Å². The summed E-state index contributed by atoms with van der Waals surface area (Å²) in [5.41, 5.74) is 0. The van der Waals surface area contributed by atoms with Gasteiger partial charge in [-0.2, -0.15) is 0 Å². The number of nitrogens with one attached hydrogen (secondary N) is 1. The minimum absolute atomic E-state index is 0.122. The first-order valence-electron chi connectivity index (χ1n) is 5.66. The van der Waals surface area contributed by atoms with Gasteiger partial charge < -0.3 is 19.7 Å². The summed E-state index contributed by atoms with van der Waals surface area (Å²) in [4.78, 5) is 11.4. The van der Waals surface area contributed by atoms with Gasteiger partial charge in [-0.3, -0.25) is 4.79 Å². The third-order valence-corrected chi connectivity index (χ3v) is 2.63. The number of hydrogen-bond acceptors (Lipinski definition) is 5. The lowest BCUT2D eigenvalue weighted by Crippen LogP contribution is -2.36. The van der Waals surface area contributed by atoms with Gasteiger partial charge in [0.05, 0.1) is 6.10 Å². The Morgan fingerprint density at radius 3 is 3.12 bits per heavy atom. The molecule has 1 fully saturated rings. The van der Waals surface area contributed by atoms with Crippen LogP contribution >= 0.6 is 0 Å². The number of aromatic nitrogens is 1. The van der Waals surface area contributed by atoms with E-state index >= 15 is 0 Å². The molecule has 0 spiro atoms. The molecule has 0 bridgehead atoms. The Balaban J connectivity index is 1.63. The van der Waals surface area contributed by atoms with Gasteiger partial charge in [0.2, 0.25) is 0 Å². The van der Waals surface area contributed by atoms with Crippen LogP contribution < -0.4 is 10.1 Å². The molecule has 1 aliphatic rings. The van der Waals surface area contributed by atoms with Crippen LogP contribution in [-0.4, -0.2) is 35.4 Å². The molecule has 1 unspecified atom stereocenters. The van der Waals surface area contributed by atoms with Crippen molar-refractivity contribution in [3.63, 3.8) is 0 Å². The van der Waals surface area contributed by atoms with E-state index in [-0.39, 0.29) is 19.1 Å². The van der Waals surface area contributed by atoms with Gasteiger partial charge in [0.25, 0.3) is 11.8 Å². The van der Waals surface area contributed by atoms with Crippen molar-refractivity contribution < 1.29 is 19.2 Å². The molecule has 6 nitrogen and oxygen atoms in total. The number of carbonyl (C=O) groups is 1. The van der Waals surface area contributed by atoms with Crippen LogP contribution in [-0.2, 0) is 4.79 Å². The molecule has 17 heavy (non-hydrogen) atoms. The van der Waals surface area contributed by atoms with Gasteiger partial charge in [-0.25, -0.2) is 0 Å². The highest BCUT2D eigenvalue weighted by molar-refractivity contribution is 5.77. The van der Waals surface area contributed by atoms with Crippen LogP contribution in [0.5, 0.6) is 5.88 Å². The van der Waals surface area contributed by atoms with E-state index in [9.17, 15) is 9.90 Å². The predicted molar refractivity (Wildman–Crippen MR) is 58.5 cm³/mol. The van der Waals surface area contributed by atoms with Crippen LogP contribution in [0.2, 0.25) is 0 Å². The zero-order chi connectivity index (χ0) is 12.3. The third-order valence-electron chi connectivity index (χ3n) is 2.63. The Bertz CT molecular complexity index is 387. The lowest BCUT2D eigenvalue weighted by Gasteiger charge is -2.10. The molecular weight excluding hydrogens is 224 g/mol. The standard InChI is InChI=1S/C11H16N2O4/c1-7-4-11(13-17-7)16-6-10(15)12-5-9(14)8-2-3-8/h4,8-9,14H,2-3,5-6H2,1H3,(H,12,15). The molecular formula is C11H16N2O4. The Labute approximate surface area is 98.9 Å². The molecule has 0 saturated heterocycles. The van der Waals surface area contributed by atoms with Crippen molar-refractivity contribution in [2.45, 2.75) is 25.9 Å². The van der Waals surface area contributed by atoms with Gasteiger partial charge in [0, 0.05) is 12.6 Å². The minimum Gasteiger partial charge on any atom is -0.465 e. The zero-order valence-corrected chi connectivity index (χ0v) is 9.68. The van der Waals surface area contributed by atoms with Gasteiger partial charge in [0.15, 0.2) is 6.61 Å². The van der Waals surface area contributed by atoms with Crippen molar-refractivity contribution in [2.24, 2.45) is 5.92 Å². The number of nitrogens with zero attached hydrogens (tertiary/aromatic N) is 1. The van der Waals surface area contributed by atoms with Gasteiger partial charge in [0.1, 0.15) is 5.76 Å². The van der Waals surface area contributed by atoms with Gasteiger partial charge in [-0.05, 0) is 30.8 Å². The fourth-order valence-electron chi connectivity index (χ4n) is 1.47. The lowest BCUT2D eigenvalue weighted by atomic mass is 10.2. The molecule has 1 heterocycles. The first-order chi connectivity index (χ1) is 8.15. The minimum atomic E-state index is -0.437. The molecule has 1 aliphatic carbocycles. The highest BCUT2D eigenvalue weighted by Crippen LogP contribution is 2.32. The average Bonchev–Trinajstić information content (AvgIpc) is 3.07. The molecule has 0 aromatic carbocycles. The predicted octanol–water partition coefficient (Wildman–Crippen LogP) is 0.249. The van der Waals surface area contributed by atoms with Crippen molar-refractivity contribution >= 4 is 5.91 Å². The van der Waals surface area contributed by atoms with Crippen molar-refractivity contribution in [1.82, 2.24) is 10.5 Å². The fraction of sp³-hybridized carbons (Fsp3) is 0.636. The summed E-state index contributed by atoms with van der Waals surface area (Å²) in [5.74, 6) is 1.00. The summed E-state index contributed by atoms with van der Waals surface area (Å²) in [7, 11) is 0. The number of carbonyl (C=O) groups excluding carboxylic acids is 1. The maximum absolute atomic E-state index is 11.4. The van der Waals surface area contributed by atoms with Crippen molar-refractivity contribution in [3.8, 4) is 5.88 Å². The first kappa shape index (κ1) is 11.9. The Kier molecular flexibility index (Phi) is 3.63.